The van der Waals surface area contributed by atoms with Crippen molar-refractivity contribution < 1.29 is 9.47 Å². The van der Waals surface area contributed by atoms with Crippen molar-refractivity contribution in [2.24, 2.45) is 0 Å². The van der Waals surface area contributed by atoms with Crippen LogP contribution in [0.1, 0.15) is 26.7 Å². The summed E-state index contributed by atoms with van der Waals surface area (Å²) in [4.78, 5) is 0. The van der Waals surface area contributed by atoms with Crippen LogP contribution in [0, 0.1) is 6.92 Å². The van der Waals surface area contributed by atoms with Crippen LogP contribution in [0.15, 0.2) is 0 Å². The Bertz CT molecular complexity index is 89.6. The van der Waals surface area contributed by atoms with E-state index < -0.39 is 0 Å². The Morgan fingerprint density at radius 3 is 2.45 bits per heavy atom. The second-order valence-electron chi connectivity index (χ2n) is 3.04. The Labute approximate surface area is 69.9 Å². The molecule has 1 atom stereocenters. The second kappa shape index (κ2) is 5.56. The van der Waals surface area contributed by atoms with Gasteiger partial charge in [0.25, 0.3) is 0 Å². The predicted octanol–water partition coefficient (Wildman–Crippen LogP) is 2.04. The third kappa shape index (κ3) is 6.32. The number of hydrogen-bond donors (Lipinski definition) is 0. The molecule has 0 saturated carbocycles. The molecule has 11 heavy (non-hydrogen) atoms. The molecule has 0 heterocycles. The number of ether oxygens (including phenoxy) is 2. The summed E-state index contributed by atoms with van der Waals surface area (Å²) < 4.78 is 10.3. The van der Waals surface area contributed by atoms with Gasteiger partial charge in [0.1, 0.15) is 0 Å². The topological polar surface area (TPSA) is 18.5 Å². The molecule has 0 aliphatic heterocycles. The lowest BCUT2D eigenvalue weighted by atomic mass is 10.0. The molecular formula is C9H19O2. The van der Waals surface area contributed by atoms with Crippen molar-refractivity contribution in [2.45, 2.75) is 32.3 Å². The van der Waals surface area contributed by atoms with Crippen molar-refractivity contribution >= 4 is 0 Å². The largest absolute Gasteiger partial charge is 0.382 e. The first kappa shape index (κ1) is 10.9. The highest BCUT2D eigenvalue weighted by atomic mass is 16.5. The second-order valence-corrected chi connectivity index (χ2v) is 3.04. The highest BCUT2D eigenvalue weighted by Crippen LogP contribution is 2.15. The molecular weight excluding hydrogens is 140 g/mol. The van der Waals surface area contributed by atoms with Crippen LogP contribution >= 0.6 is 0 Å². The Morgan fingerprint density at radius 2 is 2.00 bits per heavy atom. The minimum Gasteiger partial charge on any atom is -0.382 e. The molecule has 1 radical (unpaired) electrons. The Morgan fingerprint density at radius 1 is 1.36 bits per heavy atom. The van der Waals surface area contributed by atoms with E-state index in [4.69, 9.17) is 9.47 Å². The van der Waals surface area contributed by atoms with Gasteiger partial charge in [0, 0.05) is 7.11 Å². The molecule has 0 rings (SSSR count). The van der Waals surface area contributed by atoms with E-state index in [1.807, 2.05) is 6.92 Å². The fourth-order valence-corrected chi connectivity index (χ4v) is 0.972. The number of hydrogen-bond acceptors (Lipinski definition) is 2. The molecule has 0 saturated heterocycles. The molecule has 0 amide bonds. The maximum atomic E-state index is 5.47. The summed E-state index contributed by atoms with van der Waals surface area (Å²) in [6, 6.07) is 0. The van der Waals surface area contributed by atoms with Gasteiger partial charge in [0.15, 0.2) is 0 Å². The average molecular weight is 159 g/mol. The molecule has 0 spiro atoms. The lowest BCUT2D eigenvalue weighted by molar-refractivity contribution is -0.0271. The van der Waals surface area contributed by atoms with Gasteiger partial charge < -0.3 is 9.47 Å². The highest BCUT2D eigenvalue weighted by molar-refractivity contribution is 4.76. The molecule has 1 unspecified atom stereocenters. The Hall–Kier alpha value is -0.0800. The summed E-state index contributed by atoms with van der Waals surface area (Å²) in [7, 11) is 1.67. The molecule has 0 fully saturated rings. The smallest absolute Gasteiger partial charge is 0.0707 e. The number of methoxy groups -OCH3 is 1. The summed E-state index contributed by atoms with van der Waals surface area (Å²) in [5.74, 6) is 0. The van der Waals surface area contributed by atoms with E-state index in [2.05, 4.69) is 13.8 Å². The van der Waals surface area contributed by atoms with Gasteiger partial charge in [-0.1, -0.05) is 13.3 Å². The molecule has 2 nitrogen and oxygen atoms in total. The Balaban J connectivity index is 3.38. The van der Waals surface area contributed by atoms with Crippen LogP contribution in [0.4, 0.5) is 0 Å². The zero-order valence-electron chi connectivity index (χ0n) is 7.85. The molecule has 0 aliphatic rings. The van der Waals surface area contributed by atoms with E-state index in [-0.39, 0.29) is 5.60 Å². The standard InChI is InChI=1S/C9H19O2/c1-5-6-9(2,3)11-8-7-10-4/h2,5-8H2,1,3-4H3. The van der Waals surface area contributed by atoms with Gasteiger partial charge in [-0.25, -0.2) is 0 Å². The van der Waals surface area contributed by atoms with Gasteiger partial charge in [-0.2, -0.15) is 0 Å². The third-order valence-electron chi connectivity index (χ3n) is 1.52. The minimum atomic E-state index is -0.229. The summed E-state index contributed by atoms with van der Waals surface area (Å²) in [6.07, 6.45) is 2.10. The molecule has 0 N–H and O–H groups in total. The monoisotopic (exact) mass is 159 g/mol. The van der Waals surface area contributed by atoms with Crippen molar-refractivity contribution in [3.05, 3.63) is 6.92 Å². The van der Waals surface area contributed by atoms with Gasteiger partial charge in [-0.3, -0.25) is 0 Å². The summed E-state index contributed by atoms with van der Waals surface area (Å²) >= 11 is 0. The lowest BCUT2D eigenvalue weighted by Gasteiger charge is -2.24. The van der Waals surface area contributed by atoms with Crippen molar-refractivity contribution in [3.63, 3.8) is 0 Å². The first-order valence-electron chi connectivity index (χ1n) is 4.10. The van der Waals surface area contributed by atoms with Crippen LogP contribution in [0.2, 0.25) is 0 Å². The summed E-state index contributed by atoms with van der Waals surface area (Å²) in [5, 5.41) is 0. The zero-order chi connectivity index (χ0) is 8.74. The van der Waals surface area contributed by atoms with Crippen molar-refractivity contribution in [1.29, 1.82) is 0 Å². The van der Waals surface area contributed by atoms with Gasteiger partial charge in [-0.05, 0) is 20.3 Å². The molecule has 0 bridgehead atoms. The van der Waals surface area contributed by atoms with Crippen LogP contribution in [0.25, 0.3) is 0 Å². The van der Waals surface area contributed by atoms with Gasteiger partial charge in [-0.15, -0.1) is 0 Å². The van der Waals surface area contributed by atoms with Crippen LogP contribution in [0.3, 0.4) is 0 Å². The van der Waals surface area contributed by atoms with E-state index in [0.717, 1.165) is 12.8 Å². The third-order valence-corrected chi connectivity index (χ3v) is 1.52. The first-order valence-corrected chi connectivity index (χ1v) is 4.10. The molecule has 0 aliphatic carbocycles. The maximum absolute atomic E-state index is 5.47. The van der Waals surface area contributed by atoms with E-state index in [0.29, 0.717) is 13.2 Å². The van der Waals surface area contributed by atoms with Gasteiger partial charge >= 0.3 is 0 Å². The minimum absolute atomic E-state index is 0.229. The maximum Gasteiger partial charge on any atom is 0.0707 e. The molecule has 67 valence electrons. The average Bonchev–Trinajstić information content (AvgIpc) is 1.87. The molecule has 2 heteroatoms. The van der Waals surface area contributed by atoms with Crippen LogP contribution in [-0.4, -0.2) is 25.9 Å². The number of rotatable bonds is 6. The normalized spacial score (nSPS) is 12.0. The van der Waals surface area contributed by atoms with Crippen molar-refractivity contribution in [3.8, 4) is 0 Å². The van der Waals surface area contributed by atoms with E-state index in [1.54, 1.807) is 7.11 Å². The molecule has 0 aromatic heterocycles. The van der Waals surface area contributed by atoms with E-state index >= 15 is 0 Å². The highest BCUT2D eigenvalue weighted by Gasteiger charge is 2.16. The first-order chi connectivity index (χ1) is 5.12. The fraction of sp³-hybridized carbons (Fsp3) is 0.889. The molecule has 0 aromatic carbocycles. The van der Waals surface area contributed by atoms with Crippen LogP contribution in [-0.2, 0) is 9.47 Å². The molecule has 0 aromatic rings. The van der Waals surface area contributed by atoms with Gasteiger partial charge in [0.2, 0.25) is 0 Å². The predicted molar refractivity (Wildman–Crippen MR) is 46.5 cm³/mol. The van der Waals surface area contributed by atoms with Crippen molar-refractivity contribution in [2.75, 3.05) is 20.3 Å². The quantitative estimate of drug-likeness (QED) is 0.552. The summed E-state index contributed by atoms with van der Waals surface area (Å²) in [5.41, 5.74) is -0.229. The lowest BCUT2D eigenvalue weighted by Crippen LogP contribution is -2.26. The SMILES string of the molecule is [CH2]C(C)(CCC)OCCOC. The van der Waals surface area contributed by atoms with Gasteiger partial charge in [0.05, 0.1) is 18.8 Å². The fourth-order valence-electron chi connectivity index (χ4n) is 0.972. The Kier molecular flexibility index (Phi) is 5.51. The van der Waals surface area contributed by atoms with E-state index in [1.165, 1.54) is 0 Å². The van der Waals surface area contributed by atoms with Crippen molar-refractivity contribution in [1.82, 2.24) is 0 Å². The van der Waals surface area contributed by atoms with Crippen LogP contribution in [0.5, 0.6) is 0 Å². The van der Waals surface area contributed by atoms with Crippen LogP contribution < -0.4 is 0 Å². The van der Waals surface area contributed by atoms with E-state index in [9.17, 15) is 0 Å². The zero-order valence-corrected chi connectivity index (χ0v) is 7.85. The summed E-state index contributed by atoms with van der Waals surface area (Å²) in [6.45, 7) is 9.37.